The van der Waals surface area contributed by atoms with Crippen molar-refractivity contribution in [2.45, 2.75) is 72.1 Å². The average Bonchev–Trinajstić information content (AvgIpc) is 3.24. The van der Waals surface area contributed by atoms with Crippen molar-refractivity contribution in [3.8, 4) is 28.4 Å². The molecule has 0 aliphatic heterocycles. The zero-order valence-electron chi connectivity index (χ0n) is 23.5. The molecule has 0 saturated heterocycles. The van der Waals surface area contributed by atoms with E-state index < -0.39 is 5.97 Å². The Morgan fingerprint density at radius 2 is 1.31 bits per heavy atom. The normalized spacial score (nSPS) is 12.5. The lowest BCUT2D eigenvalue weighted by Gasteiger charge is -2.11. The highest BCUT2D eigenvalue weighted by Crippen LogP contribution is 2.39. The quantitative estimate of drug-likeness (QED) is 0.0877. The van der Waals surface area contributed by atoms with Gasteiger partial charge in [0.2, 0.25) is 0 Å². The number of hydrogen-bond acceptors (Lipinski definition) is 5. The molecule has 5 nitrogen and oxygen atoms in total. The van der Waals surface area contributed by atoms with E-state index in [0.717, 1.165) is 36.1 Å². The highest BCUT2D eigenvalue weighted by atomic mass is 16.5. The van der Waals surface area contributed by atoms with Crippen LogP contribution in [0.4, 0.5) is 0 Å². The van der Waals surface area contributed by atoms with E-state index >= 15 is 0 Å². The van der Waals surface area contributed by atoms with Crippen LogP contribution in [0.2, 0.25) is 0 Å². The molecule has 0 heterocycles. The molecule has 1 unspecified atom stereocenters. The molecule has 0 spiro atoms. The molecule has 206 valence electrons. The Morgan fingerprint density at radius 3 is 2.03 bits per heavy atom. The summed E-state index contributed by atoms with van der Waals surface area (Å²) in [4.78, 5) is 26.1. The second-order valence-corrected chi connectivity index (χ2v) is 10.5. The number of hydrogen-bond donors (Lipinski definition) is 0. The maximum atomic E-state index is 13.2. The van der Waals surface area contributed by atoms with E-state index in [-0.39, 0.29) is 5.78 Å². The van der Waals surface area contributed by atoms with Crippen LogP contribution < -0.4 is 14.2 Å². The fourth-order valence-electron chi connectivity index (χ4n) is 4.65. The molecule has 0 bridgehead atoms. The van der Waals surface area contributed by atoms with Gasteiger partial charge in [0.25, 0.3) is 0 Å². The van der Waals surface area contributed by atoms with Gasteiger partial charge in [0, 0.05) is 11.1 Å². The molecule has 39 heavy (non-hydrogen) atoms. The molecule has 1 atom stereocenters. The molecule has 1 aliphatic carbocycles. The van der Waals surface area contributed by atoms with Crippen LogP contribution in [0, 0.1) is 5.92 Å². The number of carbonyl (C=O) groups excluding carboxylic acids is 2. The van der Waals surface area contributed by atoms with Gasteiger partial charge in [-0.2, -0.15) is 0 Å². The van der Waals surface area contributed by atoms with Crippen molar-refractivity contribution in [3.05, 3.63) is 77.4 Å². The summed E-state index contributed by atoms with van der Waals surface area (Å²) in [6.07, 6.45) is 9.64. The van der Waals surface area contributed by atoms with E-state index in [1.54, 1.807) is 36.4 Å². The van der Waals surface area contributed by atoms with Crippen molar-refractivity contribution in [1.82, 2.24) is 0 Å². The van der Waals surface area contributed by atoms with E-state index in [1.165, 1.54) is 32.1 Å². The van der Waals surface area contributed by atoms with E-state index in [9.17, 15) is 9.59 Å². The molecule has 0 N–H and O–H groups in total. The fraction of sp³-hybridized carbons (Fsp3) is 0.412. The van der Waals surface area contributed by atoms with Crippen LogP contribution in [-0.4, -0.2) is 25.0 Å². The average molecular weight is 529 g/mol. The minimum absolute atomic E-state index is 0.0983. The highest BCUT2D eigenvalue weighted by molar-refractivity contribution is 6.22. The highest BCUT2D eigenvalue weighted by Gasteiger charge is 2.28. The number of benzene rings is 3. The number of ether oxygens (including phenoxy) is 3. The molecular formula is C34H40O5. The molecule has 1 aliphatic rings. The van der Waals surface area contributed by atoms with E-state index in [2.05, 4.69) is 20.8 Å². The van der Waals surface area contributed by atoms with Gasteiger partial charge in [-0.1, -0.05) is 71.8 Å². The van der Waals surface area contributed by atoms with Gasteiger partial charge in [0.05, 0.1) is 18.8 Å². The summed E-state index contributed by atoms with van der Waals surface area (Å²) >= 11 is 0. The standard InChI is InChI=1S/C34H40O5/c1-4-6-7-8-9-10-11-20-37-28-17-19-30-29-18-12-25(21-31(29)33(35)32(30)22-28)34(36)39-27-15-13-26(14-16-27)38-23-24(3)5-2/h12-19,21-22,24H,4-11,20,23H2,1-3H3. The van der Waals surface area contributed by atoms with Gasteiger partial charge >= 0.3 is 5.97 Å². The summed E-state index contributed by atoms with van der Waals surface area (Å²) in [7, 11) is 0. The fourth-order valence-corrected chi connectivity index (χ4v) is 4.65. The number of ketones is 1. The Kier molecular flexibility index (Phi) is 10.2. The van der Waals surface area contributed by atoms with Crippen LogP contribution in [0.15, 0.2) is 60.7 Å². The summed E-state index contributed by atoms with van der Waals surface area (Å²) < 4.78 is 17.3. The predicted molar refractivity (Wildman–Crippen MR) is 155 cm³/mol. The van der Waals surface area contributed by atoms with Crippen LogP contribution in [0.1, 0.15) is 98.4 Å². The van der Waals surface area contributed by atoms with Gasteiger partial charge in [0.1, 0.15) is 17.2 Å². The lowest BCUT2D eigenvalue weighted by molar-refractivity contribution is 0.0734. The van der Waals surface area contributed by atoms with Crippen LogP contribution >= 0.6 is 0 Å². The van der Waals surface area contributed by atoms with Gasteiger partial charge in [0.15, 0.2) is 5.78 Å². The Hall–Kier alpha value is -3.60. The number of unbranched alkanes of at least 4 members (excludes halogenated alkanes) is 6. The second kappa shape index (κ2) is 14.0. The summed E-state index contributed by atoms with van der Waals surface area (Å²) in [6, 6.07) is 17.8. The third-order valence-corrected chi connectivity index (χ3v) is 7.31. The first-order valence-electron chi connectivity index (χ1n) is 14.4. The van der Waals surface area contributed by atoms with Crippen LogP contribution in [0.5, 0.6) is 17.2 Å². The molecule has 4 rings (SSSR count). The van der Waals surface area contributed by atoms with Crippen molar-refractivity contribution in [2.24, 2.45) is 5.92 Å². The van der Waals surface area contributed by atoms with Gasteiger partial charge in [-0.3, -0.25) is 4.79 Å². The summed E-state index contributed by atoms with van der Waals surface area (Å²) in [5.74, 6) is 1.74. The largest absolute Gasteiger partial charge is 0.494 e. The molecule has 3 aromatic carbocycles. The molecule has 3 aromatic rings. The molecular weight excluding hydrogens is 488 g/mol. The molecule has 5 heteroatoms. The van der Waals surface area contributed by atoms with Gasteiger partial charge < -0.3 is 14.2 Å². The maximum Gasteiger partial charge on any atom is 0.343 e. The zero-order valence-corrected chi connectivity index (χ0v) is 23.5. The van der Waals surface area contributed by atoms with Gasteiger partial charge in [-0.15, -0.1) is 0 Å². The summed E-state index contributed by atoms with van der Waals surface area (Å²) in [5.41, 5.74) is 3.15. The van der Waals surface area contributed by atoms with Crippen molar-refractivity contribution in [3.63, 3.8) is 0 Å². The monoisotopic (exact) mass is 528 g/mol. The summed E-state index contributed by atoms with van der Waals surface area (Å²) in [6.45, 7) is 7.79. The van der Waals surface area contributed by atoms with E-state index in [1.807, 2.05) is 24.3 Å². The van der Waals surface area contributed by atoms with Crippen molar-refractivity contribution < 1.29 is 23.8 Å². The Morgan fingerprint density at radius 1 is 0.692 bits per heavy atom. The van der Waals surface area contributed by atoms with Crippen LogP contribution in [0.25, 0.3) is 11.1 Å². The molecule has 0 fully saturated rings. The third-order valence-electron chi connectivity index (χ3n) is 7.31. The van der Waals surface area contributed by atoms with Gasteiger partial charge in [-0.05, 0) is 78.1 Å². The van der Waals surface area contributed by atoms with Gasteiger partial charge in [-0.25, -0.2) is 4.79 Å². The molecule has 0 radical (unpaired) electrons. The minimum atomic E-state index is -0.506. The van der Waals surface area contributed by atoms with Crippen molar-refractivity contribution >= 4 is 11.8 Å². The summed E-state index contributed by atoms with van der Waals surface area (Å²) in [5, 5.41) is 0. The van der Waals surface area contributed by atoms with E-state index in [4.69, 9.17) is 14.2 Å². The maximum absolute atomic E-state index is 13.2. The topological polar surface area (TPSA) is 61.8 Å². The first-order chi connectivity index (χ1) is 19.0. The Balaban J connectivity index is 1.33. The van der Waals surface area contributed by atoms with Crippen molar-refractivity contribution in [1.29, 1.82) is 0 Å². The third kappa shape index (κ3) is 7.50. The minimum Gasteiger partial charge on any atom is -0.494 e. The molecule has 0 saturated carbocycles. The molecule has 0 amide bonds. The lowest BCUT2D eigenvalue weighted by Crippen LogP contribution is -2.10. The lowest BCUT2D eigenvalue weighted by atomic mass is 10.0. The first kappa shape index (κ1) is 28.4. The number of carbonyl (C=O) groups is 2. The Labute approximate surface area is 232 Å². The SMILES string of the molecule is CCCCCCCCCOc1ccc2c(c1)C(=O)c1cc(C(=O)Oc3ccc(OCC(C)CC)cc3)ccc1-2. The zero-order chi connectivity index (χ0) is 27.6. The Bertz CT molecular complexity index is 1260. The second-order valence-electron chi connectivity index (χ2n) is 10.5. The first-order valence-corrected chi connectivity index (χ1v) is 14.4. The van der Waals surface area contributed by atoms with Crippen molar-refractivity contribution in [2.75, 3.05) is 13.2 Å². The predicted octanol–water partition coefficient (Wildman–Crippen LogP) is 8.67. The number of rotatable bonds is 15. The molecule has 0 aromatic heterocycles. The number of esters is 1. The van der Waals surface area contributed by atoms with Crippen LogP contribution in [-0.2, 0) is 0 Å². The van der Waals surface area contributed by atoms with Crippen LogP contribution in [0.3, 0.4) is 0 Å². The number of fused-ring (bicyclic) bond motifs is 3. The van der Waals surface area contributed by atoms with E-state index in [0.29, 0.717) is 47.3 Å². The smallest absolute Gasteiger partial charge is 0.343 e.